The second-order valence-corrected chi connectivity index (χ2v) is 8.66. The summed E-state index contributed by atoms with van der Waals surface area (Å²) in [6.45, 7) is 3.85. The van der Waals surface area contributed by atoms with Gasteiger partial charge < -0.3 is 19.0 Å². The number of hydrazone groups is 1. The monoisotopic (exact) mass is 475 g/mol. The van der Waals surface area contributed by atoms with Crippen LogP contribution >= 0.6 is 0 Å². The summed E-state index contributed by atoms with van der Waals surface area (Å²) >= 11 is 0. The molecule has 2 fully saturated rings. The molecule has 4 heterocycles. The van der Waals surface area contributed by atoms with Gasteiger partial charge in [-0.25, -0.2) is 10.2 Å². The van der Waals surface area contributed by atoms with Gasteiger partial charge in [0.05, 0.1) is 12.5 Å². The van der Waals surface area contributed by atoms with Crippen molar-refractivity contribution >= 4 is 30.0 Å². The normalized spacial score (nSPS) is 16.5. The first-order valence-electron chi connectivity index (χ1n) is 12.2. The molecular weight excluding hydrogens is 446 g/mol. The van der Waals surface area contributed by atoms with E-state index in [1.165, 1.54) is 19.1 Å². The van der Waals surface area contributed by atoms with Gasteiger partial charge in [-0.05, 0) is 80.5 Å². The van der Waals surface area contributed by atoms with Crippen molar-refractivity contribution in [3.8, 4) is 5.75 Å². The molecule has 1 aromatic carbocycles. The molecule has 182 valence electrons. The topological polar surface area (TPSA) is 109 Å². The number of hydrogen-bond acceptors (Lipinski definition) is 10. The van der Waals surface area contributed by atoms with Gasteiger partial charge >= 0.3 is 5.97 Å². The number of nitrogens with zero attached hydrogens (tertiary/aromatic N) is 6. The van der Waals surface area contributed by atoms with Crippen molar-refractivity contribution in [3.05, 3.63) is 54.0 Å². The number of benzene rings is 1. The molecule has 3 aromatic rings. The average molecular weight is 476 g/mol. The average Bonchev–Trinajstić information content (AvgIpc) is 3.46. The van der Waals surface area contributed by atoms with Gasteiger partial charge in [-0.1, -0.05) is 0 Å². The number of hydrogen-bond donors (Lipinski definition) is 1. The van der Waals surface area contributed by atoms with E-state index in [9.17, 15) is 4.79 Å². The van der Waals surface area contributed by atoms with Crippen molar-refractivity contribution in [2.75, 3.05) is 41.4 Å². The maximum absolute atomic E-state index is 12.0. The molecule has 0 aliphatic carbocycles. The zero-order valence-corrected chi connectivity index (χ0v) is 19.6. The molecule has 1 N–H and O–H groups in total. The van der Waals surface area contributed by atoms with Crippen molar-refractivity contribution in [2.24, 2.45) is 5.10 Å². The number of piperidine rings is 2. The molecule has 0 radical (unpaired) electrons. The summed E-state index contributed by atoms with van der Waals surface area (Å²) in [4.78, 5) is 30.5. The molecule has 0 bridgehead atoms. The van der Waals surface area contributed by atoms with E-state index >= 15 is 0 Å². The quantitative estimate of drug-likeness (QED) is 0.234. The van der Waals surface area contributed by atoms with Gasteiger partial charge in [0, 0.05) is 26.2 Å². The minimum absolute atomic E-state index is 0.157. The Bertz CT molecular complexity index is 1100. The summed E-state index contributed by atoms with van der Waals surface area (Å²) in [6.07, 6.45) is 10.2. The second-order valence-electron chi connectivity index (χ2n) is 8.66. The van der Waals surface area contributed by atoms with Gasteiger partial charge in [0.15, 0.2) is 0 Å². The largest absolute Gasteiger partial charge is 0.457 e. The van der Waals surface area contributed by atoms with Crippen LogP contribution in [0.1, 0.15) is 54.6 Å². The molecule has 0 saturated carbocycles. The van der Waals surface area contributed by atoms with Crippen LogP contribution < -0.4 is 20.0 Å². The Morgan fingerprint density at radius 2 is 1.51 bits per heavy atom. The van der Waals surface area contributed by atoms with E-state index < -0.39 is 5.97 Å². The summed E-state index contributed by atoms with van der Waals surface area (Å²) in [5, 5.41) is 4.33. The highest BCUT2D eigenvalue weighted by Gasteiger charge is 2.20. The highest BCUT2D eigenvalue weighted by atomic mass is 16.5. The molecule has 10 heteroatoms. The molecule has 2 aliphatic rings. The highest BCUT2D eigenvalue weighted by molar-refractivity contribution is 5.88. The third-order valence-corrected chi connectivity index (χ3v) is 6.08. The van der Waals surface area contributed by atoms with E-state index in [1.54, 1.807) is 30.5 Å². The van der Waals surface area contributed by atoms with E-state index in [-0.39, 0.29) is 5.76 Å². The van der Waals surface area contributed by atoms with Gasteiger partial charge in [0.1, 0.15) is 5.75 Å². The van der Waals surface area contributed by atoms with Crippen LogP contribution in [0.3, 0.4) is 0 Å². The molecule has 0 amide bonds. The fourth-order valence-corrected chi connectivity index (χ4v) is 4.21. The van der Waals surface area contributed by atoms with E-state index in [1.807, 2.05) is 12.1 Å². The van der Waals surface area contributed by atoms with Crippen LogP contribution in [0, 0.1) is 0 Å². The Hall–Kier alpha value is -3.95. The first-order chi connectivity index (χ1) is 17.2. The number of rotatable bonds is 7. The minimum atomic E-state index is -0.540. The van der Waals surface area contributed by atoms with Crippen molar-refractivity contribution in [1.29, 1.82) is 0 Å². The molecule has 5 rings (SSSR count). The smallest absolute Gasteiger partial charge is 0.379 e. The fourth-order valence-electron chi connectivity index (χ4n) is 4.21. The van der Waals surface area contributed by atoms with Crippen molar-refractivity contribution in [1.82, 2.24) is 15.0 Å². The van der Waals surface area contributed by atoms with Gasteiger partial charge in [-0.3, -0.25) is 0 Å². The van der Waals surface area contributed by atoms with Crippen LogP contribution in [0.4, 0.5) is 17.8 Å². The lowest BCUT2D eigenvalue weighted by Crippen LogP contribution is -2.34. The van der Waals surface area contributed by atoms with Gasteiger partial charge in [0.2, 0.25) is 23.6 Å². The van der Waals surface area contributed by atoms with E-state index in [0.29, 0.717) is 23.6 Å². The van der Waals surface area contributed by atoms with Crippen LogP contribution in [0.5, 0.6) is 5.75 Å². The lowest BCUT2D eigenvalue weighted by Gasteiger charge is -2.30. The maximum Gasteiger partial charge on any atom is 0.379 e. The van der Waals surface area contributed by atoms with Crippen LogP contribution in [-0.2, 0) is 0 Å². The Morgan fingerprint density at radius 3 is 2.09 bits per heavy atom. The Labute approximate surface area is 204 Å². The van der Waals surface area contributed by atoms with Crippen LogP contribution in [0.2, 0.25) is 0 Å². The van der Waals surface area contributed by atoms with Crippen molar-refractivity contribution in [2.45, 2.75) is 38.5 Å². The van der Waals surface area contributed by atoms with Gasteiger partial charge in [-0.2, -0.15) is 20.1 Å². The Morgan fingerprint density at radius 1 is 0.886 bits per heavy atom. The number of esters is 1. The molecule has 2 aromatic heterocycles. The lowest BCUT2D eigenvalue weighted by atomic mass is 10.1. The highest BCUT2D eigenvalue weighted by Crippen LogP contribution is 2.22. The number of carbonyl (C=O) groups excluding carboxylic acids is 1. The summed E-state index contributed by atoms with van der Waals surface area (Å²) in [5.41, 5.74) is 3.80. The second kappa shape index (κ2) is 11.0. The number of ether oxygens (including phenoxy) is 1. The van der Waals surface area contributed by atoms with Crippen LogP contribution in [0.15, 0.2) is 52.2 Å². The Balaban J connectivity index is 1.26. The maximum atomic E-state index is 12.0. The summed E-state index contributed by atoms with van der Waals surface area (Å²) in [6, 6.07) is 10.2. The van der Waals surface area contributed by atoms with Crippen molar-refractivity contribution < 1.29 is 13.9 Å². The predicted molar refractivity (Wildman–Crippen MR) is 133 cm³/mol. The third kappa shape index (κ3) is 5.95. The van der Waals surface area contributed by atoms with Crippen LogP contribution in [-0.4, -0.2) is 53.3 Å². The molecular formula is C25H29N7O3. The molecule has 2 saturated heterocycles. The molecule has 2 aliphatic heterocycles. The van der Waals surface area contributed by atoms with Gasteiger partial charge in [0.25, 0.3) is 0 Å². The molecule has 0 atom stereocenters. The van der Waals surface area contributed by atoms with E-state index in [0.717, 1.165) is 57.4 Å². The SMILES string of the molecule is O=C(Oc1ccc(/C=N/Nc2nc(N3CCCCC3)nc(N3CCCCC3)n2)cc1)c1ccco1. The number of aromatic nitrogens is 3. The first kappa shape index (κ1) is 22.8. The summed E-state index contributed by atoms with van der Waals surface area (Å²) in [7, 11) is 0. The van der Waals surface area contributed by atoms with Crippen molar-refractivity contribution in [3.63, 3.8) is 0 Å². The number of furan rings is 1. The van der Waals surface area contributed by atoms with Crippen LogP contribution in [0.25, 0.3) is 0 Å². The first-order valence-corrected chi connectivity index (χ1v) is 12.2. The third-order valence-electron chi connectivity index (χ3n) is 6.08. The zero-order valence-electron chi connectivity index (χ0n) is 19.6. The molecule has 0 spiro atoms. The molecule has 0 unspecified atom stereocenters. The zero-order chi connectivity index (χ0) is 23.9. The predicted octanol–water partition coefficient (Wildman–Crippen LogP) is 4.11. The number of carbonyl (C=O) groups is 1. The van der Waals surface area contributed by atoms with E-state index in [2.05, 4.69) is 30.3 Å². The standard InChI is InChI=1S/C25H29N7O3/c33-22(21-8-7-17-34-21)35-20-11-9-19(10-12-20)18-26-30-23-27-24(31-13-3-1-4-14-31)29-25(28-23)32-15-5-2-6-16-32/h7-12,17-18H,1-6,13-16H2,(H,27,28,29,30)/b26-18+. The number of nitrogens with one attached hydrogen (secondary N) is 1. The number of anilines is 3. The Kier molecular flexibility index (Phi) is 7.16. The summed E-state index contributed by atoms with van der Waals surface area (Å²) < 4.78 is 10.4. The lowest BCUT2D eigenvalue weighted by molar-refractivity contribution is 0.0701. The summed E-state index contributed by atoms with van der Waals surface area (Å²) in [5.74, 6) is 1.89. The molecule has 35 heavy (non-hydrogen) atoms. The minimum Gasteiger partial charge on any atom is -0.457 e. The van der Waals surface area contributed by atoms with E-state index in [4.69, 9.17) is 14.1 Å². The molecule has 10 nitrogen and oxygen atoms in total. The fraction of sp³-hybridized carbons (Fsp3) is 0.400. The van der Waals surface area contributed by atoms with Gasteiger partial charge in [-0.15, -0.1) is 0 Å².